The number of thioether (sulfide) groups is 1. The van der Waals surface area contributed by atoms with Crippen LogP contribution in [0.4, 0.5) is 4.79 Å². The first-order valence-corrected chi connectivity index (χ1v) is 8.71. The monoisotopic (exact) mass is 332 g/mol. The van der Waals surface area contributed by atoms with Gasteiger partial charge in [0.2, 0.25) is 5.91 Å². The summed E-state index contributed by atoms with van der Waals surface area (Å²) in [5.41, 5.74) is 2.01. The molecule has 1 fully saturated rings. The fourth-order valence-corrected chi connectivity index (χ4v) is 3.52. The second-order valence-electron chi connectivity index (χ2n) is 5.95. The number of urea groups is 1. The van der Waals surface area contributed by atoms with Gasteiger partial charge in [0.05, 0.1) is 16.8 Å². The van der Waals surface area contributed by atoms with Crippen molar-refractivity contribution in [3.05, 3.63) is 24.3 Å². The van der Waals surface area contributed by atoms with Crippen molar-refractivity contribution in [2.75, 3.05) is 18.8 Å². The van der Waals surface area contributed by atoms with Gasteiger partial charge < -0.3 is 9.88 Å². The van der Waals surface area contributed by atoms with Crippen LogP contribution in [0, 0.1) is 5.92 Å². The third-order valence-electron chi connectivity index (χ3n) is 3.65. The Balaban J connectivity index is 1.79. The Labute approximate surface area is 139 Å². The highest BCUT2D eigenvalue weighted by atomic mass is 32.2. The van der Waals surface area contributed by atoms with Crippen LogP contribution in [-0.4, -0.2) is 45.2 Å². The number of carbonyl (C=O) groups is 2. The molecule has 0 radical (unpaired) electrons. The van der Waals surface area contributed by atoms with Gasteiger partial charge in [0.15, 0.2) is 5.16 Å². The second-order valence-corrected chi connectivity index (χ2v) is 6.90. The number of fused-ring (bicyclic) bond motifs is 1. The SMILES string of the molecule is CC(C)Cn1c(SCC(=O)N2CCNC2=O)nc2ccccc21. The number of carbonyl (C=O) groups excluding carboxylic acids is 2. The quantitative estimate of drug-likeness (QED) is 0.854. The van der Waals surface area contributed by atoms with E-state index in [-0.39, 0.29) is 17.7 Å². The lowest BCUT2D eigenvalue weighted by atomic mass is 10.2. The van der Waals surface area contributed by atoms with Crippen molar-refractivity contribution in [3.63, 3.8) is 0 Å². The van der Waals surface area contributed by atoms with E-state index in [0.717, 1.165) is 22.7 Å². The summed E-state index contributed by atoms with van der Waals surface area (Å²) in [6.45, 7) is 6.13. The number of para-hydroxylation sites is 2. The van der Waals surface area contributed by atoms with Crippen molar-refractivity contribution in [1.29, 1.82) is 0 Å². The van der Waals surface area contributed by atoms with Crippen LogP contribution in [-0.2, 0) is 11.3 Å². The minimum Gasteiger partial charge on any atom is -0.336 e. The standard InChI is InChI=1S/C16H20N4O2S/c1-11(2)9-20-13-6-4-3-5-12(13)18-16(20)23-10-14(21)19-8-7-17-15(19)22/h3-6,11H,7-10H2,1-2H3,(H,17,22). The molecule has 0 unspecified atom stereocenters. The van der Waals surface area contributed by atoms with E-state index in [1.54, 1.807) is 0 Å². The maximum Gasteiger partial charge on any atom is 0.324 e. The minimum absolute atomic E-state index is 0.173. The zero-order valence-corrected chi connectivity index (χ0v) is 14.1. The summed E-state index contributed by atoms with van der Waals surface area (Å²) in [6.07, 6.45) is 0. The molecule has 3 rings (SSSR count). The Hall–Kier alpha value is -2.02. The highest BCUT2D eigenvalue weighted by Crippen LogP contribution is 2.25. The van der Waals surface area contributed by atoms with Crippen LogP contribution >= 0.6 is 11.8 Å². The van der Waals surface area contributed by atoms with Gasteiger partial charge in [0.1, 0.15) is 0 Å². The van der Waals surface area contributed by atoms with E-state index in [4.69, 9.17) is 0 Å². The number of nitrogens with one attached hydrogen (secondary N) is 1. The van der Waals surface area contributed by atoms with Gasteiger partial charge in [0, 0.05) is 19.6 Å². The van der Waals surface area contributed by atoms with Crippen molar-refractivity contribution in [3.8, 4) is 0 Å². The minimum atomic E-state index is -0.300. The number of benzene rings is 1. The van der Waals surface area contributed by atoms with E-state index < -0.39 is 0 Å². The number of rotatable bonds is 5. The Morgan fingerprint density at radius 3 is 2.87 bits per heavy atom. The van der Waals surface area contributed by atoms with E-state index in [2.05, 4.69) is 28.7 Å². The molecule has 0 spiro atoms. The number of amides is 3. The summed E-state index contributed by atoms with van der Waals surface area (Å²) in [7, 11) is 0. The van der Waals surface area contributed by atoms with Crippen LogP contribution in [0.2, 0.25) is 0 Å². The van der Waals surface area contributed by atoms with E-state index >= 15 is 0 Å². The van der Waals surface area contributed by atoms with Gasteiger partial charge in [-0.1, -0.05) is 37.7 Å². The molecule has 2 heterocycles. The van der Waals surface area contributed by atoms with Crippen LogP contribution in [0.25, 0.3) is 11.0 Å². The molecule has 1 aliphatic rings. The molecule has 2 aromatic rings. The molecule has 6 nitrogen and oxygen atoms in total. The van der Waals surface area contributed by atoms with E-state index in [9.17, 15) is 9.59 Å². The lowest BCUT2D eigenvalue weighted by Gasteiger charge is -2.13. The Bertz CT molecular complexity index is 741. The third kappa shape index (κ3) is 3.34. The summed E-state index contributed by atoms with van der Waals surface area (Å²) in [4.78, 5) is 29.6. The molecule has 7 heteroatoms. The van der Waals surface area contributed by atoms with Gasteiger partial charge in [-0.2, -0.15) is 0 Å². The molecule has 1 aromatic heterocycles. The molecule has 1 aliphatic heterocycles. The fraction of sp³-hybridized carbons (Fsp3) is 0.438. The highest BCUT2D eigenvalue weighted by Gasteiger charge is 2.26. The first-order valence-electron chi connectivity index (χ1n) is 7.72. The highest BCUT2D eigenvalue weighted by molar-refractivity contribution is 7.99. The lowest BCUT2D eigenvalue weighted by Crippen LogP contribution is -2.35. The summed E-state index contributed by atoms with van der Waals surface area (Å²) < 4.78 is 2.15. The molecule has 23 heavy (non-hydrogen) atoms. The largest absolute Gasteiger partial charge is 0.336 e. The predicted octanol–water partition coefficient (Wildman–Crippen LogP) is 2.34. The second kappa shape index (κ2) is 6.62. The van der Waals surface area contributed by atoms with Crippen LogP contribution in [0.3, 0.4) is 0 Å². The third-order valence-corrected chi connectivity index (χ3v) is 4.61. The summed E-state index contributed by atoms with van der Waals surface area (Å²) in [6, 6.07) is 7.68. The van der Waals surface area contributed by atoms with Crippen LogP contribution in [0.15, 0.2) is 29.4 Å². The number of aromatic nitrogens is 2. The molecule has 1 aromatic carbocycles. The number of hydrogen-bond acceptors (Lipinski definition) is 4. The van der Waals surface area contributed by atoms with E-state index in [1.807, 2.05) is 24.3 Å². The molecule has 1 N–H and O–H groups in total. The van der Waals surface area contributed by atoms with Crippen molar-refractivity contribution in [1.82, 2.24) is 19.8 Å². The van der Waals surface area contributed by atoms with Gasteiger partial charge in [-0.3, -0.25) is 9.69 Å². The Morgan fingerprint density at radius 2 is 2.17 bits per heavy atom. The van der Waals surface area contributed by atoms with E-state index in [0.29, 0.717) is 19.0 Å². The summed E-state index contributed by atoms with van der Waals surface area (Å²) >= 11 is 1.39. The summed E-state index contributed by atoms with van der Waals surface area (Å²) in [5.74, 6) is 0.523. The van der Waals surface area contributed by atoms with Crippen molar-refractivity contribution in [2.24, 2.45) is 5.92 Å². The number of hydrogen-bond donors (Lipinski definition) is 1. The molecular formula is C16H20N4O2S. The van der Waals surface area contributed by atoms with Gasteiger partial charge in [-0.25, -0.2) is 9.78 Å². The van der Waals surface area contributed by atoms with Crippen LogP contribution in [0.5, 0.6) is 0 Å². The van der Waals surface area contributed by atoms with Gasteiger partial charge in [-0.15, -0.1) is 0 Å². The van der Waals surface area contributed by atoms with Gasteiger partial charge >= 0.3 is 6.03 Å². The molecule has 1 saturated heterocycles. The molecule has 0 atom stereocenters. The maximum atomic E-state index is 12.2. The van der Waals surface area contributed by atoms with Crippen molar-refractivity contribution < 1.29 is 9.59 Å². The predicted molar refractivity (Wildman–Crippen MR) is 90.4 cm³/mol. The Morgan fingerprint density at radius 1 is 1.39 bits per heavy atom. The van der Waals surface area contributed by atoms with Crippen LogP contribution < -0.4 is 5.32 Å². The molecule has 122 valence electrons. The fourth-order valence-electron chi connectivity index (χ4n) is 2.62. The smallest absolute Gasteiger partial charge is 0.324 e. The summed E-state index contributed by atoms with van der Waals surface area (Å²) in [5, 5.41) is 3.47. The van der Waals surface area contributed by atoms with Crippen LogP contribution in [0.1, 0.15) is 13.8 Å². The number of imidazole rings is 1. The zero-order chi connectivity index (χ0) is 16.4. The maximum absolute atomic E-state index is 12.2. The number of nitrogens with zero attached hydrogens (tertiary/aromatic N) is 3. The molecule has 0 aliphatic carbocycles. The Kier molecular flexibility index (Phi) is 4.56. The molecule has 0 bridgehead atoms. The van der Waals surface area contributed by atoms with Crippen molar-refractivity contribution in [2.45, 2.75) is 25.5 Å². The molecular weight excluding hydrogens is 312 g/mol. The topological polar surface area (TPSA) is 67.2 Å². The zero-order valence-electron chi connectivity index (χ0n) is 13.3. The normalized spacial score (nSPS) is 14.7. The number of imide groups is 1. The first kappa shape index (κ1) is 15.9. The average molecular weight is 332 g/mol. The van der Waals surface area contributed by atoms with Gasteiger partial charge in [-0.05, 0) is 18.1 Å². The van der Waals surface area contributed by atoms with E-state index in [1.165, 1.54) is 16.7 Å². The van der Waals surface area contributed by atoms with Gasteiger partial charge in [0.25, 0.3) is 0 Å². The lowest BCUT2D eigenvalue weighted by molar-refractivity contribution is -0.124. The van der Waals surface area contributed by atoms with Crippen molar-refractivity contribution >= 4 is 34.7 Å². The molecule has 0 saturated carbocycles. The molecule has 3 amide bonds. The average Bonchev–Trinajstić information content (AvgIpc) is 3.09. The first-order chi connectivity index (χ1) is 11.1.